The van der Waals surface area contributed by atoms with Gasteiger partial charge >= 0.3 is 0 Å². The van der Waals surface area contributed by atoms with E-state index < -0.39 is 0 Å². The van der Waals surface area contributed by atoms with Crippen molar-refractivity contribution in [2.24, 2.45) is 0 Å². The Kier molecular flexibility index (Phi) is 3.75. The van der Waals surface area contributed by atoms with Crippen LogP contribution in [0.1, 0.15) is 6.92 Å². The van der Waals surface area contributed by atoms with Crippen LogP contribution in [-0.4, -0.2) is 49.3 Å². The van der Waals surface area contributed by atoms with E-state index in [1.807, 2.05) is 22.8 Å². The molecule has 0 bridgehead atoms. The van der Waals surface area contributed by atoms with Crippen molar-refractivity contribution in [3.63, 3.8) is 0 Å². The largest absolute Gasteiger partial charge is 0.449 e. The summed E-state index contributed by atoms with van der Waals surface area (Å²) in [7, 11) is 1.59. The number of pyridine rings is 1. The van der Waals surface area contributed by atoms with Gasteiger partial charge in [-0.1, -0.05) is 0 Å². The monoisotopic (exact) mass is 277 g/mol. The van der Waals surface area contributed by atoms with E-state index in [0.717, 1.165) is 30.9 Å². The number of nitrogens with zero attached hydrogens (tertiary/aromatic N) is 3. The Morgan fingerprint density at radius 3 is 3.15 bits per heavy atom. The van der Waals surface area contributed by atoms with Gasteiger partial charge in [0.1, 0.15) is 0 Å². The van der Waals surface area contributed by atoms with Gasteiger partial charge < -0.3 is 19.1 Å². The Morgan fingerprint density at radius 1 is 1.45 bits per heavy atom. The summed E-state index contributed by atoms with van der Waals surface area (Å²) in [5, 5.41) is 4.38. The number of hydrogen-bond donors (Lipinski definition) is 0. The van der Waals surface area contributed by atoms with Gasteiger partial charge in [0.15, 0.2) is 6.79 Å². The average molecular weight is 277 g/mol. The first-order chi connectivity index (χ1) is 9.76. The third kappa shape index (κ3) is 2.71. The number of ether oxygens (including phenoxy) is 3. The maximum absolute atomic E-state index is 5.57. The molecule has 3 rings (SSSR count). The van der Waals surface area contributed by atoms with Crippen LogP contribution in [0, 0.1) is 0 Å². The predicted molar refractivity (Wildman–Crippen MR) is 75.3 cm³/mol. The molecule has 2 aromatic heterocycles. The molecule has 1 saturated heterocycles. The first-order valence-electron chi connectivity index (χ1n) is 6.74. The second kappa shape index (κ2) is 5.68. The van der Waals surface area contributed by atoms with E-state index in [1.54, 1.807) is 7.11 Å². The van der Waals surface area contributed by atoms with Crippen molar-refractivity contribution in [1.82, 2.24) is 9.61 Å². The van der Waals surface area contributed by atoms with Gasteiger partial charge in [-0.25, -0.2) is 4.52 Å². The summed E-state index contributed by atoms with van der Waals surface area (Å²) in [5.74, 6) is 0.569. The summed E-state index contributed by atoms with van der Waals surface area (Å²) < 4.78 is 17.6. The Balaban J connectivity index is 1.82. The summed E-state index contributed by atoms with van der Waals surface area (Å²) in [6.07, 6.45) is 2.28. The van der Waals surface area contributed by atoms with Crippen LogP contribution < -0.4 is 9.64 Å². The minimum Gasteiger partial charge on any atom is -0.449 e. The van der Waals surface area contributed by atoms with Crippen LogP contribution in [0.4, 0.5) is 5.69 Å². The van der Waals surface area contributed by atoms with E-state index in [9.17, 15) is 0 Å². The van der Waals surface area contributed by atoms with Crippen LogP contribution >= 0.6 is 0 Å². The molecule has 1 unspecified atom stereocenters. The van der Waals surface area contributed by atoms with Crippen LogP contribution in [0.5, 0.6) is 5.88 Å². The minimum absolute atomic E-state index is 0.206. The van der Waals surface area contributed by atoms with E-state index in [4.69, 9.17) is 14.2 Å². The molecule has 20 heavy (non-hydrogen) atoms. The van der Waals surface area contributed by atoms with E-state index >= 15 is 0 Å². The molecule has 0 aromatic carbocycles. The van der Waals surface area contributed by atoms with E-state index in [1.165, 1.54) is 0 Å². The number of aromatic nitrogens is 2. The van der Waals surface area contributed by atoms with Crippen LogP contribution in [-0.2, 0) is 9.47 Å². The van der Waals surface area contributed by atoms with Gasteiger partial charge in [-0.2, -0.15) is 0 Å². The lowest BCUT2D eigenvalue weighted by molar-refractivity contribution is 0.0476. The van der Waals surface area contributed by atoms with Gasteiger partial charge in [0.25, 0.3) is 0 Å². The highest BCUT2D eigenvalue weighted by atomic mass is 16.7. The highest BCUT2D eigenvalue weighted by Crippen LogP contribution is 2.21. The van der Waals surface area contributed by atoms with Crippen molar-refractivity contribution in [3.8, 4) is 5.88 Å². The molecule has 0 aliphatic carbocycles. The van der Waals surface area contributed by atoms with E-state index in [2.05, 4.69) is 23.0 Å². The molecule has 3 heterocycles. The number of anilines is 1. The van der Waals surface area contributed by atoms with Crippen LogP contribution in [0.15, 0.2) is 24.4 Å². The zero-order valence-electron chi connectivity index (χ0n) is 11.8. The second-order valence-corrected chi connectivity index (χ2v) is 4.92. The lowest BCUT2D eigenvalue weighted by Gasteiger charge is -2.32. The van der Waals surface area contributed by atoms with Gasteiger partial charge in [0.05, 0.1) is 30.1 Å². The third-order valence-electron chi connectivity index (χ3n) is 3.35. The minimum atomic E-state index is 0.206. The molecule has 6 heteroatoms. The van der Waals surface area contributed by atoms with Crippen molar-refractivity contribution in [3.05, 3.63) is 24.4 Å². The van der Waals surface area contributed by atoms with Gasteiger partial charge in [-0.3, -0.25) is 0 Å². The first-order valence-corrected chi connectivity index (χ1v) is 6.74. The number of rotatable bonds is 4. The molecular formula is C14H19N3O3. The van der Waals surface area contributed by atoms with Gasteiger partial charge in [0, 0.05) is 26.3 Å². The van der Waals surface area contributed by atoms with Crippen molar-refractivity contribution < 1.29 is 14.2 Å². The van der Waals surface area contributed by atoms with Gasteiger partial charge in [-0.05, 0) is 19.1 Å². The van der Waals surface area contributed by atoms with Crippen molar-refractivity contribution in [2.75, 3.05) is 38.5 Å². The quantitative estimate of drug-likeness (QED) is 0.793. The second-order valence-electron chi connectivity index (χ2n) is 4.92. The Morgan fingerprint density at radius 2 is 2.35 bits per heavy atom. The zero-order valence-corrected chi connectivity index (χ0v) is 11.8. The molecule has 1 aliphatic rings. The molecule has 1 atom stereocenters. The molecule has 1 aliphatic heterocycles. The Labute approximate surface area is 117 Å². The van der Waals surface area contributed by atoms with E-state index in [-0.39, 0.29) is 12.9 Å². The SMILES string of the molecule is COCOc1cc2ccc(N3CCOC(C)C3)cn2n1. The van der Waals surface area contributed by atoms with Crippen molar-refractivity contribution in [1.29, 1.82) is 0 Å². The standard InChI is InChI=1S/C14H19N3O3/c1-11-8-16(5-6-19-11)13-4-3-12-7-14(20-10-18-2)15-17(12)9-13/h3-4,7,9,11H,5-6,8,10H2,1-2H3. The molecule has 6 nitrogen and oxygen atoms in total. The smallest absolute Gasteiger partial charge is 0.235 e. The summed E-state index contributed by atoms with van der Waals surface area (Å²) in [5.41, 5.74) is 2.15. The molecular weight excluding hydrogens is 258 g/mol. The molecule has 0 radical (unpaired) electrons. The topological polar surface area (TPSA) is 48.2 Å². The molecule has 2 aromatic rings. The fourth-order valence-corrected chi connectivity index (χ4v) is 2.38. The van der Waals surface area contributed by atoms with Crippen LogP contribution in [0.25, 0.3) is 5.52 Å². The first kappa shape index (κ1) is 13.2. The van der Waals surface area contributed by atoms with Gasteiger partial charge in [-0.15, -0.1) is 5.10 Å². The van der Waals surface area contributed by atoms with Crippen LogP contribution in [0.2, 0.25) is 0 Å². The maximum Gasteiger partial charge on any atom is 0.235 e. The zero-order chi connectivity index (χ0) is 13.9. The molecule has 0 amide bonds. The fraction of sp³-hybridized carbons (Fsp3) is 0.500. The van der Waals surface area contributed by atoms with E-state index in [0.29, 0.717) is 5.88 Å². The average Bonchev–Trinajstić information content (AvgIpc) is 2.86. The molecule has 108 valence electrons. The Bertz CT molecular complexity index is 584. The predicted octanol–water partition coefficient (Wildman–Crippen LogP) is 1.54. The number of hydrogen-bond acceptors (Lipinski definition) is 5. The summed E-state index contributed by atoms with van der Waals surface area (Å²) in [6.45, 7) is 4.87. The number of methoxy groups -OCH3 is 1. The third-order valence-corrected chi connectivity index (χ3v) is 3.35. The summed E-state index contributed by atoms with van der Waals surface area (Å²) in [6, 6.07) is 6.04. The normalized spacial score (nSPS) is 19.5. The highest BCUT2D eigenvalue weighted by Gasteiger charge is 2.17. The molecule has 0 saturated carbocycles. The molecule has 0 N–H and O–H groups in total. The molecule has 0 spiro atoms. The number of fused-ring (bicyclic) bond motifs is 1. The number of morpholine rings is 1. The van der Waals surface area contributed by atoms with Gasteiger partial charge in [0.2, 0.25) is 5.88 Å². The van der Waals surface area contributed by atoms with Crippen LogP contribution in [0.3, 0.4) is 0 Å². The summed E-state index contributed by atoms with van der Waals surface area (Å²) >= 11 is 0. The fourth-order valence-electron chi connectivity index (χ4n) is 2.38. The van der Waals surface area contributed by atoms with Crippen molar-refractivity contribution in [2.45, 2.75) is 13.0 Å². The maximum atomic E-state index is 5.57. The Hall–Kier alpha value is -1.79. The lowest BCUT2D eigenvalue weighted by Crippen LogP contribution is -2.41. The van der Waals surface area contributed by atoms with Crippen molar-refractivity contribution >= 4 is 11.2 Å². The summed E-state index contributed by atoms with van der Waals surface area (Å²) in [4.78, 5) is 2.31. The highest BCUT2D eigenvalue weighted by molar-refractivity contribution is 5.56. The molecule has 1 fully saturated rings. The lowest BCUT2D eigenvalue weighted by atomic mass is 10.2.